The van der Waals surface area contributed by atoms with Crippen molar-refractivity contribution in [2.24, 2.45) is 0 Å². The summed E-state index contributed by atoms with van der Waals surface area (Å²) in [5.74, 6) is 0.895. The fourth-order valence-electron chi connectivity index (χ4n) is 3.62. The molecule has 2 aromatic carbocycles. The predicted octanol–water partition coefficient (Wildman–Crippen LogP) is 6.49. The van der Waals surface area contributed by atoms with Crippen molar-refractivity contribution >= 4 is 15.9 Å². The van der Waals surface area contributed by atoms with Crippen molar-refractivity contribution < 1.29 is 0 Å². The van der Waals surface area contributed by atoms with E-state index in [1.165, 1.54) is 16.7 Å². The van der Waals surface area contributed by atoms with Crippen molar-refractivity contribution in [3.63, 3.8) is 0 Å². The second-order valence-corrected chi connectivity index (χ2v) is 7.74. The molecule has 3 nitrogen and oxygen atoms in total. The van der Waals surface area contributed by atoms with Gasteiger partial charge in [0.1, 0.15) is 5.82 Å². The first-order valence-electron chi connectivity index (χ1n) is 8.87. The van der Waals surface area contributed by atoms with E-state index >= 15 is 0 Å². The van der Waals surface area contributed by atoms with Gasteiger partial charge in [-0.3, -0.25) is 4.98 Å². The van der Waals surface area contributed by atoms with E-state index in [1.54, 1.807) is 12.4 Å². The van der Waals surface area contributed by atoms with E-state index in [2.05, 4.69) is 70.9 Å². The fourth-order valence-corrected chi connectivity index (χ4v) is 4.02. The standard InChI is InChI=1S/C23H20BrN3/c1-14-11-15(2)20(16(3)12-14)23-26-21(17-7-9-25-10-8-17)22(27-23)18-5-4-6-19(24)13-18/h4-13H,1-3H3,(H,26,27). The highest BCUT2D eigenvalue weighted by molar-refractivity contribution is 9.10. The molecule has 0 aliphatic rings. The molecule has 0 atom stereocenters. The van der Waals surface area contributed by atoms with E-state index in [-0.39, 0.29) is 0 Å². The number of hydrogen-bond donors (Lipinski definition) is 1. The summed E-state index contributed by atoms with van der Waals surface area (Å²) in [7, 11) is 0. The molecule has 0 unspecified atom stereocenters. The zero-order valence-corrected chi connectivity index (χ0v) is 17.1. The Morgan fingerprint density at radius 2 is 1.56 bits per heavy atom. The van der Waals surface area contributed by atoms with Gasteiger partial charge in [-0.1, -0.05) is 45.8 Å². The van der Waals surface area contributed by atoms with Crippen LogP contribution in [0.15, 0.2) is 65.4 Å². The van der Waals surface area contributed by atoms with Crippen molar-refractivity contribution in [2.45, 2.75) is 20.8 Å². The molecular formula is C23H20BrN3. The predicted molar refractivity (Wildman–Crippen MR) is 115 cm³/mol. The van der Waals surface area contributed by atoms with E-state index in [1.807, 2.05) is 24.3 Å². The number of hydrogen-bond acceptors (Lipinski definition) is 2. The van der Waals surface area contributed by atoms with Crippen LogP contribution in [-0.2, 0) is 0 Å². The van der Waals surface area contributed by atoms with Gasteiger partial charge < -0.3 is 4.98 Å². The van der Waals surface area contributed by atoms with E-state index in [4.69, 9.17) is 4.98 Å². The number of pyridine rings is 1. The Morgan fingerprint density at radius 1 is 0.852 bits per heavy atom. The quantitative estimate of drug-likeness (QED) is 0.413. The number of H-pyrrole nitrogens is 1. The number of benzene rings is 2. The summed E-state index contributed by atoms with van der Waals surface area (Å²) in [4.78, 5) is 12.7. The van der Waals surface area contributed by atoms with Gasteiger partial charge in [-0.15, -0.1) is 0 Å². The summed E-state index contributed by atoms with van der Waals surface area (Å²) in [6.45, 7) is 6.41. The maximum atomic E-state index is 5.01. The topological polar surface area (TPSA) is 41.6 Å². The molecule has 0 bridgehead atoms. The number of halogens is 1. The summed E-state index contributed by atoms with van der Waals surface area (Å²) in [5.41, 5.74) is 8.97. The van der Waals surface area contributed by atoms with Crippen molar-refractivity contribution in [1.29, 1.82) is 0 Å². The number of rotatable bonds is 3. The largest absolute Gasteiger partial charge is 0.337 e. The highest BCUT2D eigenvalue weighted by atomic mass is 79.9. The van der Waals surface area contributed by atoms with Crippen molar-refractivity contribution in [1.82, 2.24) is 15.0 Å². The average Bonchev–Trinajstić information content (AvgIpc) is 3.06. The van der Waals surface area contributed by atoms with Crippen LogP contribution in [0.2, 0.25) is 0 Å². The molecule has 4 aromatic rings. The Labute approximate surface area is 167 Å². The van der Waals surface area contributed by atoms with Crippen LogP contribution in [-0.4, -0.2) is 15.0 Å². The lowest BCUT2D eigenvalue weighted by atomic mass is 9.99. The smallest absolute Gasteiger partial charge is 0.139 e. The maximum absolute atomic E-state index is 5.01. The molecule has 2 aromatic heterocycles. The molecule has 0 spiro atoms. The number of aromatic amines is 1. The van der Waals surface area contributed by atoms with Gasteiger partial charge in [-0.05, 0) is 56.2 Å². The summed E-state index contributed by atoms with van der Waals surface area (Å²) in [6, 6.07) is 16.7. The molecule has 1 N–H and O–H groups in total. The summed E-state index contributed by atoms with van der Waals surface area (Å²) < 4.78 is 1.04. The van der Waals surface area contributed by atoms with E-state index in [0.717, 1.165) is 38.4 Å². The van der Waals surface area contributed by atoms with Gasteiger partial charge in [0, 0.05) is 33.6 Å². The van der Waals surface area contributed by atoms with Crippen LogP contribution in [0, 0.1) is 20.8 Å². The second-order valence-electron chi connectivity index (χ2n) is 6.83. The van der Waals surface area contributed by atoms with Crippen molar-refractivity contribution in [3.8, 4) is 33.9 Å². The van der Waals surface area contributed by atoms with Gasteiger partial charge in [-0.25, -0.2) is 4.98 Å². The van der Waals surface area contributed by atoms with Crippen LogP contribution < -0.4 is 0 Å². The van der Waals surface area contributed by atoms with Gasteiger partial charge in [-0.2, -0.15) is 0 Å². The first-order chi connectivity index (χ1) is 13.0. The van der Waals surface area contributed by atoms with E-state index in [9.17, 15) is 0 Å². The van der Waals surface area contributed by atoms with Crippen LogP contribution in [0.3, 0.4) is 0 Å². The third-order valence-electron chi connectivity index (χ3n) is 4.68. The number of imidazole rings is 1. The van der Waals surface area contributed by atoms with Gasteiger partial charge >= 0.3 is 0 Å². The molecule has 0 aliphatic carbocycles. The molecule has 0 saturated carbocycles. The summed E-state index contributed by atoms with van der Waals surface area (Å²) >= 11 is 3.58. The molecule has 0 amide bonds. The van der Waals surface area contributed by atoms with Gasteiger partial charge in [0.2, 0.25) is 0 Å². The highest BCUT2D eigenvalue weighted by Crippen LogP contribution is 2.35. The lowest BCUT2D eigenvalue weighted by molar-refractivity contribution is 1.24. The van der Waals surface area contributed by atoms with Crippen molar-refractivity contribution in [2.75, 3.05) is 0 Å². The molecule has 0 radical (unpaired) electrons. The minimum atomic E-state index is 0.895. The molecule has 2 heterocycles. The molecule has 0 aliphatic heterocycles. The second kappa shape index (κ2) is 7.12. The first-order valence-corrected chi connectivity index (χ1v) is 9.67. The Balaban J connectivity index is 1.97. The summed E-state index contributed by atoms with van der Waals surface area (Å²) in [5, 5.41) is 0. The lowest BCUT2D eigenvalue weighted by Gasteiger charge is -2.08. The van der Waals surface area contributed by atoms with Crippen LogP contribution in [0.25, 0.3) is 33.9 Å². The minimum absolute atomic E-state index is 0.895. The number of aryl methyl sites for hydroxylation is 3. The fraction of sp³-hybridized carbons (Fsp3) is 0.130. The molecular weight excluding hydrogens is 398 g/mol. The van der Waals surface area contributed by atoms with Gasteiger partial charge in [0.25, 0.3) is 0 Å². The molecule has 4 heteroatoms. The molecule has 0 fully saturated rings. The molecule has 4 rings (SSSR count). The Bertz CT molecular complexity index is 1090. The number of nitrogens with zero attached hydrogens (tertiary/aromatic N) is 2. The number of aromatic nitrogens is 3. The average molecular weight is 418 g/mol. The zero-order valence-electron chi connectivity index (χ0n) is 15.5. The SMILES string of the molecule is Cc1cc(C)c(-c2nc(-c3ccncc3)c(-c3cccc(Br)c3)[nH]2)c(C)c1. The first kappa shape index (κ1) is 17.7. The molecule has 0 saturated heterocycles. The maximum Gasteiger partial charge on any atom is 0.139 e. The third kappa shape index (κ3) is 3.45. The Kier molecular flexibility index (Phi) is 4.66. The third-order valence-corrected chi connectivity index (χ3v) is 5.18. The summed E-state index contributed by atoms with van der Waals surface area (Å²) in [6.07, 6.45) is 3.60. The van der Waals surface area contributed by atoms with Gasteiger partial charge in [0.15, 0.2) is 0 Å². The van der Waals surface area contributed by atoms with E-state index in [0.29, 0.717) is 0 Å². The minimum Gasteiger partial charge on any atom is -0.337 e. The van der Waals surface area contributed by atoms with E-state index < -0.39 is 0 Å². The zero-order chi connectivity index (χ0) is 19.0. The molecule has 27 heavy (non-hydrogen) atoms. The van der Waals surface area contributed by atoms with Crippen molar-refractivity contribution in [3.05, 3.63) is 82.1 Å². The van der Waals surface area contributed by atoms with Crippen LogP contribution >= 0.6 is 15.9 Å². The molecule has 134 valence electrons. The Hall–Kier alpha value is -2.72. The highest BCUT2D eigenvalue weighted by Gasteiger charge is 2.18. The normalized spacial score (nSPS) is 11.0. The number of nitrogens with one attached hydrogen (secondary N) is 1. The van der Waals surface area contributed by atoms with Gasteiger partial charge in [0.05, 0.1) is 11.4 Å². The van der Waals surface area contributed by atoms with Crippen LogP contribution in [0.1, 0.15) is 16.7 Å². The van der Waals surface area contributed by atoms with Crippen LogP contribution in [0.5, 0.6) is 0 Å². The van der Waals surface area contributed by atoms with Crippen LogP contribution in [0.4, 0.5) is 0 Å². The Morgan fingerprint density at radius 3 is 2.22 bits per heavy atom. The lowest BCUT2D eigenvalue weighted by Crippen LogP contribution is -1.92. The monoisotopic (exact) mass is 417 g/mol.